The molecule has 7 nitrogen and oxygen atoms in total. The lowest BCUT2D eigenvalue weighted by molar-refractivity contribution is 0.0846. The molecule has 2 heterocycles. The summed E-state index contributed by atoms with van der Waals surface area (Å²) >= 11 is 0. The average molecular weight is 398 g/mol. The molecule has 0 aliphatic heterocycles. The molecule has 0 radical (unpaired) electrons. The minimum absolute atomic E-state index is 0.0578. The van der Waals surface area contributed by atoms with Crippen molar-refractivity contribution in [3.63, 3.8) is 0 Å². The standard InChI is InChI=1S/C21H23FN4O3/c1-2-26-11-17(23-12-26)20(27)24-15-8-3-4-9-16(15)25-21(28)18-10-13-6-5-7-14(22)19(13)29-18/h5-7,10-12,15-16H,2-4,8-9H2,1H3,(H,24,27)(H,25,28)/t15-,16-/m1/s1. The molecule has 1 saturated carbocycles. The van der Waals surface area contributed by atoms with Gasteiger partial charge in [0, 0.05) is 30.2 Å². The van der Waals surface area contributed by atoms with Crippen LogP contribution in [0.3, 0.4) is 0 Å². The first-order valence-corrected chi connectivity index (χ1v) is 9.86. The molecule has 2 N–H and O–H groups in total. The number of furan rings is 1. The van der Waals surface area contributed by atoms with Crippen molar-refractivity contribution in [2.45, 2.75) is 51.2 Å². The van der Waals surface area contributed by atoms with Crippen LogP contribution in [0.4, 0.5) is 4.39 Å². The van der Waals surface area contributed by atoms with E-state index in [2.05, 4.69) is 15.6 Å². The van der Waals surface area contributed by atoms with Crippen LogP contribution in [0.15, 0.2) is 41.2 Å². The highest BCUT2D eigenvalue weighted by atomic mass is 19.1. The summed E-state index contributed by atoms with van der Waals surface area (Å²) in [5.74, 6) is -1.12. The van der Waals surface area contributed by atoms with E-state index in [4.69, 9.17) is 4.42 Å². The molecule has 2 aromatic heterocycles. The molecule has 4 rings (SSSR count). The van der Waals surface area contributed by atoms with Crippen molar-refractivity contribution < 1.29 is 18.4 Å². The number of aromatic nitrogens is 2. The quantitative estimate of drug-likeness (QED) is 0.690. The Balaban J connectivity index is 1.46. The zero-order chi connectivity index (χ0) is 20.4. The van der Waals surface area contributed by atoms with Gasteiger partial charge < -0.3 is 19.6 Å². The van der Waals surface area contributed by atoms with Gasteiger partial charge in [-0.25, -0.2) is 9.37 Å². The summed E-state index contributed by atoms with van der Waals surface area (Å²) in [4.78, 5) is 29.4. The molecule has 1 aromatic carbocycles. The first-order chi connectivity index (χ1) is 14.0. The zero-order valence-electron chi connectivity index (χ0n) is 16.2. The van der Waals surface area contributed by atoms with Gasteiger partial charge in [-0.1, -0.05) is 25.0 Å². The fraction of sp³-hybridized carbons (Fsp3) is 0.381. The van der Waals surface area contributed by atoms with Gasteiger partial charge in [0.05, 0.1) is 6.33 Å². The second kappa shape index (κ2) is 8.06. The van der Waals surface area contributed by atoms with E-state index in [9.17, 15) is 14.0 Å². The lowest BCUT2D eigenvalue weighted by Gasteiger charge is -2.32. The van der Waals surface area contributed by atoms with Gasteiger partial charge in [0.2, 0.25) is 0 Å². The molecule has 0 spiro atoms. The number of amides is 2. The Labute approximate surface area is 167 Å². The van der Waals surface area contributed by atoms with Crippen LogP contribution in [0.2, 0.25) is 0 Å². The molecule has 0 saturated heterocycles. The molecule has 29 heavy (non-hydrogen) atoms. The van der Waals surface area contributed by atoms with Crippen molar-refractivity contribution >= 4 is 22.8 Å². The van der Waals surface area contributed by atoms with Crippen molar-refractivity contribution in [3.8, 4) is 0 Å². The van der Waals surface area contributed by atoms with Crippen LogP contribution in [-0.4, -0.2) is 33.4 Å². The minimum Gasteiger partial charge on any atom is -0.448 e. The fourth-order valence-electron chi connectivity index (χ4n) is 3.75. The Kier molecular flexibility index (Phi) is 5.33. The summed E-state index contributed by atoms with van der Waals surface area (Å²) in [5.41, 5.74) is 0.424. The van der Waals surface area contributed by atoms with Crippen molar-refractivity contribution in [2.24, 2.45) is 0 Å². The first kappa shape index (κ1) is 19.2. The maximum Gasteiger partial charge on any atom is 0.287 e. The molecule has 8 heteroatoms. The first-order valence-electron chi connectivity index (χ1n) is 9.86. The molecule has 2 atom stereocenters. The van der Waals surface area contributed by atoms with E-state index < -0.39 is 11.7 Å². The Morgan fingerprint density at radius 2 is 1.93 bits per heavy atom. The maximum atomic E-state index is 13.8. The number of fused-ring (bicyclic) bond motifs is 1. The second-order valence-corrected chi connectivity index (χ2v) is 7.30. The molecule has 0 bridgehead atoms. The summed E-state index contributed by atoms with van der Waals surface area (Å²) < 4.78 is 21.1. The smallest absolute Gasteiger partial charge is 0.287 e. The highest BCUT2D eigenvalue weighted by Crippen LogP contribution is 2.23. The van der Waals surface area contributed by atoms with Crippen LogP contribution in [0, 0.1) is 5.82 Å². The number of benzene rings is 1. The van der Waals surface area contributed by atoms with Gasteiger partial charge >= 0.3 is 0 Å². The molecular formula is C21H23FN4O3. The number of hydrogen-bond donors (Lipinski definition) is 2. The fourth-order valence-corrected chi connectivity index (χ4v) is 3.75. The third-order valence-corrected chi connectivity index (χ3v) is 5.35. The highest BCUT2D eigenvalue weighted by molar-refractivity contribution is 5.96. The summed E-state index contributed by atoms with van der Waals surface area (Å²) in [6.07, 6.45) is 6.76. The van der Waals surface area contributed by atoms with E-state index in [0.717, 1.165) is 32.2 Å². The molecule has 3 aromatic rings. The minimum atomic E-state index is -0.504. The largest absolute Gasteiger partial charge is 0.448 e. The lowest BCUT2D eigenvalue weighted by Crippen LogP contribution is -2.53. The monoisotopic (exact) mass is 398 g/mol. The van der Waals surface area contributed by atoms with Crippen molar-refractivity contribution in [3.05, 3.63) is 54.1 Å². The molecule has 2 amide bonds. The number of carbonyl (C=O) groups is 2. The topological polar surface area (TPSA) is 89.2 Å². The van der Waals surface area contributed by atoms with E-state index in [1.165, 1.54) is 12.1 Å². The Hall–Kier alpha value is -3.16. The van der Waals surface area contributed by atoms with Gasteiger partial charge in [-0.2, -0.15) is 0 Å². The lowest BCUT2D eigenvalue weighted by atomic mass is 9.90. The van der Waals surface area contributed by atoms with E-state index in [1.807, 2.05) is 11.5 Å². The number of nitrogens with one attached hydrogen (secondary N) is 2. The van der Waals surface area contributed by atoms with Gasteiger partial charge in [-0.15, -0.1) is 0 Å². The number of para-hydroxylation sites is 1. The van der Waals surface area contributed by atoms with Gasteiger partial charge in [0.15, 0.2) is 17.2 Å². The van der Waals surface area contributed by atoms with E-state index in [0.29, 0.717) is 11.1 Å². The molecule has 1 aliphatic carbocycles. The van der Waals surface area contributed by atoms with Crippen molar-refractivity contribution in [1.82, 2.24) is 20.2 Å². The van der Waals surface area contributed by atoms with Crippen LogP contribution >= 0.6 is 0 Å². The SMILES string of the molecule is CCn1cnc(C(=O)N[C@@H]2CCCC[C@H]2NC(=O)c2cc3cccc(F)c3o2)c1. The van der Waals surface area contributed by atoms with Gasteiger partial charge in [0.1, 0.15) is 5.69 Å². The van der Waals surface area contributed by atoms with Crippen molar-refractivity contribution in [1.29, 1.82) is 0 Å². The number of carbonyl (C=O) groups excluding carboxylic acids is 2. The number of halogens is 1. The predicted molar refractivity (Wildman–Crippen MR) is 105 cm³/mol. The second-order valence-electron chi connectivity index (χ2n) is 7.30. The third-order valence-electron chi connectivity index (χ3n) is 5.35. The molecule has 1 fully saturated rings. The number of imidazole rings is 1. The zero-order valence-corrected chi connectivity index (χ0v) is 16.2. The Morgan fingerprint density at radius 1 is 1.21 bits per heavy atom. The number of hydrogen-bond acceptors (Lipinski definition) is 4. The maximum absolute atomic E-state index is 13.8. The number of aryl methyl sites for hydroxylation is 1. The van der Waals surface area contributed by atoms with Gasteiger partial charge in [0.25, 0.3) is 11.8 Å². The molecule has 152 valence electrons. The van der Waals surface area contributed by atoms with E-state index in [-0.39, 0.29) is 29.3 Å². The number of nitrogens with zero attached hydrogens (tertiary/aromatic N) is 2. The summed E-state index contributed by atoms with van der Waals surface area (Å²) in [6, 6.07) is 5.65. The van der Waals surface area contributed by atoms with Gasteiger partial charge in [-0.3, -0.25) is 9.59 Å². The highest BCUT2D eigenvalue weighted by Gasteiger charge is 2.29. The normalized spacial score (nSPS) is 19.2. The van der Waals surface area contributed by atoms with Crippen LogP contribution < -0.4 is 10.6 Å². The van der Waals surface area contributed by atoms with Crippen LogP contribution in [0.1, 0.15) is 53.7 Å². The molecule has 1 aliphatic rings. The van der Waals surface area contributed by atoms with Crippen molar-refractivity contribution in [2.75, 3.05) is 0 Å². The van der Waals surface area contributed by atoms with Gasteiger partial charge in [-0.05, 0) is 31.9 Å². The molecule has 0 unspecified atom stereocenters. The number of rotatable bonds is 5. The molecular weight excluding hydrogens is 375 g/mol. The van der Waals surface area contributed by atoms with Crippen LogP contribution in [-0.2, 0) is 6.54 Å². The van der Waals surface area contributed by atoms with E-state index >= 15 is 0 Å². The summed E-state index contributed by atoms with van der Waals surface area (Å²) in [6.45, 7) is 2.71. The van der Waals surface area contributed by atoms with Crippen LogP contribution in [0.25, 0.3) is 11.0 Å². The Bertz CT molecular complexity index is 1040. The summed E-state index contributed by atoms with van der Waals surface area (Å²) in [7, 11) is 0. The van der Waals surface area contributed by atoms with E-state index in [1.54, 1.807) is 24.7 Å². The summed E-state index contributed by atoms with van der Waals surface area (Å²) in [5, 5.41) is 6.48. The third kappa shape index (κ3) is 4.01. The predicted octanol–water partition coefficient (Wildman–Crippen LogP) is 3.26. The Morgan fingerprint density at radius 3 is 2.59 bits per heavy atom. The average Bonchev–Trinajstić information content (AvgIpc) is 3.37. The van der Waals surface area contributed by atoms with Crippen LogP contribution in [0.5, 0.6) is 0 Å².